The molecule has 1 nitrogen and oxygen atoms in total. The molecule has 0 atom stereocenters. The maximum Gasteiger partial charge on any atom is 0.105 e. The summed E-state index contributed by atoms with van der Waals surface area (Å²) in [5.41, 5.74) is 4.58. The number of benzene rings is 3. The zero-order valence-electron chi connectivity index (χ0n) is 16.1. The molecule has 0 aliphatic heterocycles. The van der Waals surface area contributed by atoms with Gasteiger partial charge < -0.3 is 0 Å². The summed E-state index contributed by atoms with van der Waals surface area (Å²) in [4.78, 5) is 7.25. The van der Waals surface area contributed by atoms with E-state index in [1.165, 1.54) is 16.0 Å². The van der Waals surface area contributed by atoms with E-state index in [-0.39, 0.29) is 0 Å². The fourth-order valence-corrected chi connectivity index (χ4v) is 4.15. The Bertz CT molecular complexity index is 973. The predicted molar refractivity (Wildman–Crippen MR) is 126 cm³/mol. The van der Waals surface area contributed by atoms with Crippen LogP contribution in [0.4, 0.5) is 5.69 Å². The van der Waals surface area contributed by atoms with Gasteiger partial charge in [0.05, 0.1) is 5.69 Å². The average Bonchev–Trinajstić information content (AvgIpc) is 2.70. The first-order chi connectivity index (χ1) is 13.5. The van der Waals surface area contributed by atoms with E-state index in [4.69, 9.17) is 16.6 Å². The molecule has 0 amide bonds. The van der Waals surface area contributed by atoms with Crippen molar-refractivity contribution in [2.24, 2.45) is 4.99 Å². The lowest BCUT2D eigenvalue weighted by molar-refractivity contribution is 1.38. The van der Waals surface area contributed by atoms with Gasteiger partial charge in [-0.3, -0.25) is 0 Å². The van der Waals surface area contributed by atoms with E-state index >= 15 is 0 Å². The number of halogens is 1. The van der Waals surface area contributed by atoms with Crippen LogP contribution >= 0.6 is 35.1 Å². The third-order valence-corrected chi connectivity index (χ3v) is 6.41. The highest BCUT2D eigenvalue weighted by molar-refractivity contribution is 8.14. The molecule has 0 aliphatic rings. The molecule has 0 fully saturated rings. The lowest BCUT2D eigenvalue weighted by Gasteiger charge is -2.08. The molecule has 0 spiro atoms. The van der Waals surface area contributed by atoms with Crippen LogP contribution in [-0.4, -0.2) is 5.04 Å². The Kier molecular flexibility index (Phi) is 7.43. The Morgan fingerprint density at radius 3 is 1.93 bits per heavy atom. The molecule has 28 heavy (non-hydrogen) atoms. The molecule has 0 saturated carbocycles. The van der Waals surface area contributed by atoms with E-state index in [1.807, 2.05) is 24.3 Å². The van der Waals surface area contributed by atoms with Crippen molar-refractivity contribution in [1.82, 2.24) is 0 Å². The molecule has 0 bridgehead atoms. The fourth-order valence-electron chi connectivity index (χ4n) is 2.37. The number of aliphatic imine (C=N–C) groups is 1. The van der Waals surface area contributed by atoms with E-state index in [9.17, 15) is 0 Å². The second kappa shape index (κ2) is 10.0. The normalized spacial score (nSPS) is 12.3. The van der Waals surface area contributed by atoms with E-state index in [2.05, 4.69) is 74.7 Å². The molecule has 0 N–H and O–H groups in total. The minimum atomic E-state index is 0.751. The van der Waals surface area contributed by atoms with Crippen LogP contribution in [-0.2, 0) is 0 Å². The van der Waals surface area contributed by atoms with E-state index in [0.717, 1.165) is 26.2 Å². The van der Waals surface area contributed by atoms with Crippen molar-refractivity contribution < 1.29 is 0 Å². The summed E-state index contributed by atoms with van der Waals surface area (Å²) in [7, 11) is 0. The van der Waals surface area contributed by atoms with Crippen molar-refractivity contribution in [3.63, 3.8) is 0 Å². The van der Waals surface area contributed by atoms with Crippen molar-refractivity contribution in [2.45, 2.75) is 30.6 Å². The summed E-state index contributed by atoms with van der Waals surface area (Å²) < 4.78 is 0. The molecular weight excluding hydrogens is 402 g/mol. The number of thioether (sulfide) groups is 2. The molecule has 3 aromatic rings. The van der Waals surface area contributed by atoms with Crippen LogP contribution in [0.15, 0.2) is 98.6 Å². The molecule has 0 heterocycles. The van der Waals surface area contributed by atoms with Gasteiger partial charge in [0, 0.05) is 14.8 Å². The molecule has 0 aliphatic carbocycles. The first-order valence-corrected chi connectivity index (χ1v) is 11.1. The number of rotatable bonds is 5. The Hall–Kier alpha value is -1.94. The maximum absolute atomic E-state index is 5.98. The van der Waals surface area contributed by atoms with Gasteiger partial charge in [-0.2, -0.15) is 0 Å². The maximum atomic E-state index is 5.98. The zero-order chi connectivity index (χ0) is 19.9. The van der Waals surface area contributed by atoms with Crippen LogP contribution in [0.5, 0.6) is 0 Å². The van der Waals surface area contributed by atoms with Crippen molar-refractivity contribution in [1.29, 1.82) is 0 Å². The standard InChI is InChI=1S/C24H22ClNS2/c1-17-4-10-21(11-5-17)26-24(28-23-12-6-18(2)7-13-23)19(3)16-27-22-14-8-20(25)9-15-22/h4-16H,1-3H3/b19-16+,26-24?. The first-order valence-electron chi connectivity index (χ1n) is 8.99. The Morgan fingerprint density at radius 1 is 0.786 bits per heavy atom. The molecule has 0 saturated heterocycles. The highest BCUT2D eigenvalue weighted by atomic mass is 35.5. The molecule has 3 rings (SSSR count). The fraction of sp³-hybridized carbons (Fsp3) is 0.125. The van der Waals surface area contributed by atoms with Crippen LogP contribution in [0.1, 0.15) is 18.1 Å². The summed E-state index contributed by atoms with van der Waals surface area (Å²) in [5.74, 6) is 0. The smallest absolute Gasteiger partial charge is 0.105 e. The quantitative estimate of drug-likeness (QED) is 0.231. The van der Waals surface area contributed by atoms with Crippen molar-refractivity contribution in [3.8, 4) is 0 Å². The first kappa shape index (κ1) is 20.8. The zero-order valence-corrected chi connectivity index (χ0v) is 18.5. The lowest BCUT2D eigenvalue weighted by Crippen LogP contribution is -1.94. The van der Waals surface area contributed by atoms with Gasteiger partial charge in [-0.15, -0.1) is 0 Å². The summed E-state index contributed by atoms with van der Waals surface area (Å²) in [5, 5.41) is 3.90. The van der Waals surface area contributed by atoms with Gasteiger partial charge in [-0.05, 0) is 80.3 Å². The van der Waals surface area contributed by atoms with Gasteiger partial charge in [0.2, 0.25) is 0 Å². The largest absolute Gasteiger partial charge is 0.241 e. The summed E-state index contributed by atoms with van der Waals surface area (Å²) in [6.07, 6.45) is 0. The number of hydrogen-bond donors (Lipinski definition) is 0. The Morgan fingerprint density at radius 2 is 1.32 bits per heavy atom. The Balaban J connectivity index is 1.87. The van der Waals surface area contributed by atoms with E-state index < -0.39 is 0 Å². The van der Waals surface area contributed by atoms with Gasteiger partial charge in [0.1, 0.15) is 5.04 Å². The van der Waals surface area contributed by atoms with Gasteiger partial charge in [-0.25, -0.2) is 4.99 Å². The molecule has 3 aromatic carbocycles. The topological polar surface area (TPSA) is 12.4 Å². The third-order valence-electron chi connectivity index (χ3n) is 4.02. The van der Waals surface area contributed by atoms with Gasteiger partial charge in [-0.1, -0.05) is 70.5 Å². The third kappa shape index (κ3) is 6.30. The van der Waals surface area contributed by atoms with Crippen molar-refractivity contribution in [3.05, 3.63) is 99.9 Å². The van der Waals surface area contributed by atoms with E-state index in [0.29, 0.717) is 0 Å². The minimum Gasteiger partial charge on any atom is -0.241 e. The van der Waals surface area contributed by atoms with E-state index in [1.54, 1.807) is 23.5 Å². The SMILES string of the molecule is C/C(=C\Sc1ccc(Cl)cc1)C(=Nc1ccc(C)cc1)Sc1ccc(C)cc1. The van der Waals surface area contributed by atoms with Gasteiger partial charge in [0.15, 0.2) is 0 Å². The summed E-state index contributed by atoms with van der Waals surface area (Å²) in [6.45, 7) is 6.30. The number of hydrogen-bond acceptors (Lipinski definition) is 3. The molecule has 142 valence electrons. The summed E-state index contributed by atoms with van der Waals surface area (Å²) in [6, 6.07) is 24.7. The molecular formula is C24H22ClNS2. The second-order valence-corrected chi connectivity index (χ2v) is 8.98. The summed E-state index contributed by atoms with van der Waals surface area (Å²) >= 11 is 9.35. The number of nitrogens with zero attached hydrogens (tertiary/aromatic N) is 1. The minimum absolute atomic E-state index is 0.751. The molecule has 0 aromatic heterocycles. The predicted octanol–water partition coefficient (Wildman–Crippen LogP) is 8.48. The molecule has 0 unspecified atom stereocenters. The van der Waals surface area contributed by atoms with Crippen molar-refractivity contribution >= 4 is 45.9 Å². The van der Waals surface area contributed by atoms with Crippen LogP contribution in [0.3, 0.4) is 0 Å². The Labute approximate surface area is 180 Å². The molecule has 0 radical (unpaired) electrons. The van der Waals surface area contributed by atoms with Crippen LogP contribution < -0.4 is 0 Å². The average molecular weight is 424 g/mol. The molecule has 4 heteroatoms. The second-order valence-electron chi connectivity index (χ2n) is 6.54. The van der Waals surface area contributed by atoms with Crippen LogP contribution in [0.25, 0.3) is 0 Å². The van der Waals surface area contributed by atoms with Crippen molar-refractivity contribution in [2.75, 3.05) is 0 Å². The lowest BCUT2D eigenvalue weighted by atomic mass is 10.2. The highest BCUT2D eigenvalue weighted by Gasteiger charge is 2.07. The monoisotopic (exact) mass is 423 g/mol. The van der Waals surface area contributed by atoms with Gasteiger partial charge >= 0.3 is 0 Å². The van der Waals surface area contributed by atoms with Crippen LogP contribution in [0.2, 0.25) is 5.02 Å². The highest BCUT2D eigenvalue weighted by Crippen LogP contribution is 2.30. The number of aryl methyl sites for hydroxylation is 2. The van der Waals surface area contributed by atoms with Crippen LogP contribution in [0, 0.1) is 13.8 Å². The van der Waals surface area contributed by atoms with Gasteiger partial charge in [0.25, 0.3) is 0 Å².